The number of carbonyl (C=O) groups is 1. The van der Waals surface area contributed by atoms with Gasteiger partial charge in [-0.05, 0) is 38.1 Å². The highest BCUT2D eigenvalue weighted by Crippen LogP contribution is 2.19. The van der Waals surface area contributed by atoms with Crippen molar-refractivity contribution in [2.75, 3.05) is 25.1 Å². The van der Waals surface area contributed by atoms with Gasteiger partial charge in [0.1, 0.15) is 0 Å². The molecule has 0 fully saturated rings. The summed E-state index contributed by atoms with van der Waals surface area (Å²) in [4.78, 5) is 13.5. The molecule has 1 aromatic heterocycles. The number of carbonyl (C=O) groups excluding carboxylic acids is 1. The smallest absolute Gasteiger partial charge is 0.337 e. The Hall–Kier alpha value is -2.43. The van der Waals surface area contributed by atoms with Crippen LogP contribution in [0.4, 0.5) is 5.82 Å². The summed E-state index contributed by atoms with van der Waals surface area (Å²) in [5.74, 6) is 0.527. The number of benzene rings is 1. The lowest BCUT2D eigenvalue weighted by molar-refractivity contribution is 0.0601. The molecule has 0 saturated carbocycles. The summed E-state index contributed by atoms with van der Waals surface area (Å²) in [7, 11) is 1.37. The van der Waals surface area contributed by atoms with Crippen molar-refractivity contribution in [3.05, 3.63) is 42.0 Å². The Morgan fingerprint density at radius 2 is 1.71 bits per heavy atom. The maximum absolute atomic E-state index is 11.4. The maximum Gasteiger partial charge on any atom is 0.337 e. The number of ether oxygens (including phenoxy) is 1. The van der Waals surface area contributed by atoms with Gasteiger partial charge in [-0.1, -0.05) is 12.1 Å². The van der Waals surface area contributed by atoms with Gasteiger partial charge in [0.25, 0.3) is 0 Å². The predicted octanol–water partition coefficient (Wildman–Crippen LogP) is 2.78. The Kier molecular flexibility index (Phi) is 4.87. The van der Waals surface area contributed by atoms with Crippen molar-refractivity contribution in [3.8, 4) is 11.3 Å². The van der Waals surface area contributed by atoms with E-state index in [9.17, 15) is 4.79 Å². The minimum Gasteiger partial charge on any atom is -0.465 e. The van der Waals surface area contributed by atoms with E-state index in [4.69, 9.17) is 0 Å². The van der Waals surface area contributed by atoms with E-state index in [1.165, 1.54) is 7.11 Å². The third-order valence-corrected chi connectivity index (χ3v) is 3.34. The van der Waals surface area contributed by atoms with Crippen LogP contribution < -0.4 is 4.90 Å². The third kappa shape index (κ3) is 3.37. The molecule has 0 aliphatic carbocycles. The minimum absolute atomic E-state index is 0.343. The van der Waals surface area contributed by atoms with Gasteiger partial charge in [0.05, 0.1) is 18.4 Å². The lowest BCUT2D eigenvalue weighted by Gasteiger charge is -2.18. The van der Waals surface area contributed by atoms with Crippen LogP contribution in [0, 0.1) is 0 Å². The molecule has 0 radical (unpaired) electrons. The van der Waals surface area contributed by atoms with E-state index in [0.717, 1.165) is 30.2 Å². The second kappa shape index (κ2) is 6.83. The van der Waals surface area contributed by atoms with Gasteiger partial charge in [0.2, 0.25) is 0 Å². The second-order valence-corrected chi connectivity index (χ2v) is 4.52. The molecule has 0 spiro atoms. The molecule has 0 unspecified atom stereocenters. The van der Waals surface area contributed by atoms with Crippen molar-refractivity contribution in [1.29, 1.82) is 0 Å². The summed E-state index contributed by atoms with van der Waals surface area (Å²) in [6.45, 7) is 5.98. The van der Waals surface area contributed by atoms with E-state index in [2.05, 4.69) is 33.7 Å². The Morgan fingerprint density at radius 1 is 1.05 bits per heavy atom. The first-order valence-corrected chi connectivity index (χ1v) is 6.97. The third-order valence-electron chi connectivity index (χ3n) is 3.34. The van der Waals surface area contributed by atoms with E-state index >= 15 is 0 Å². The molecule has 1 aromatic carbocycles. The Bertz CT molecular complexity index is 590. The zero-order chi connectivity index (χ0) is 15.2. The average molecular weight is 285 g/mol. The van der Waals surface area contributed by atoms with Crippen molar-refractivity contribution in [3.63, 3.8) is 0 Å². The zero-order valence-electron chi connectivity index (χ0n) is 12.5. The van der Waals surface area contributed by atoms with Gasteiger partial charge in [-0.2, -0.15) is 0 Å². The molecule has 21 heavy (non-hydrogen) atoms. The highest BCUT2D eigenvalue weighted by atomic mass is 16.5. The molecule has 0 saturated heterocycles. The maximum atomic E-state index is 11.4. The van der Waals surface area contributed by atoms with Gasteiger partial charge in [-0.25, -0.2) is 4.79 Å². The molecule has 1 heterocycles. The number of nitrogens with zero attached hydrogens (tertiary/aromatic N) is 3. The summed E-state index contributed by atoms with van der Waals surface area (Å²) in [6.07, 6.45) is 0. The molecule has 110 valence electrons. The molecular formula is C16H19N3O2. The Balaban J connectivity index is 2.20. The fourth-order valence-electron chi connectivity index (χ4n) is 2.09. The van der Waals surface area contributed by atoms with E-state index in [1.807, 2.05) is 24.3 Å². The van der Waals surface area contributed by atoms with Gasteiger partial charge >= 0.3 is 5.97 Å². The van der Waals surface area contributed by atoms with Crippen molar-refractivity contribution < 1.29 is 9.53 Å². The normalized spacial score (nSPS) is 10.2. The standard InChI is InChI=1S/C16H19N3O2/c1-4-19(5-2)15-11-10-14(17-18-15)12-6-8-13(9-7-12)16(20)21-3/h6-11H,4-5H2,1-3H3. The number of aromatic nitrogens is 2. The average Bonchev–Trinajstić information content (AvgIpc) is 2.56. The lowest BCUT2D eigenvalue weighted by Crippen LogP contribution is -2.23. The molecule has 0 bridgehead atoms. The van der Waals surface area contributed by atoms with Crippen molar-refractivity contribution >= 4 is 11.8 Å². The van der Waals surface area contributed by atoms with Crippen molar-refractivity contribution in [1.82, 2.24) is 10.2 Å². The topological polar surface area (TPSA) is 55.3 Å². The first-order valence-electron chi connectivity index (χ1n) is 6.97. The van der Waals surface area contributed by atoms with Crippen LogP contribution in [0.2, 0.25) is 0 Å². The van der Waals surface area contributed by atoms with E-state index < -0.39 is 0 Å². The number of esters is 1. The van der Waals surface area contributed by atoms with Crippen LogP contribution in [-0.4, -0.2) is 36.4 Å². The van der Waals surface area contributed by atoms with Crippen LogP contribution in [0.25, 0.3) is 11.3 Å². The first kappa shape index (κ1) is 15.0. The van der Waals surface area contributed by atoms with Crippen LogP contribution in [0.3, 0.4) is 0 Å². The van der Waals surface area contributed by atoms with Crippen molar-refractivity contribution in [2.24, 2.45) is 0 Å². The fraction of sp³-hybridized carbons (Fsp3) is 0.312. The summed E-state index contributed by atoms with van der Waals surface area (Å²) >= 11 is 0. The Labute approximate surface area is 124 Å². The van der Waals surface area contributed by atoms with Gasteiger partial charge in [-0.3, -0.25) is 0 Å². The first-order chi connectivity index (χ1) is 10.2. The zero-order valence-corrected chi connectivity index (χ0v) is 12.5. The lowest BCUT2D eigenvalue weighted by atomic mass is 10.1. The van der Waals surface area contributed by atoms with E-state index in [-0.39, 0.29) is 5.97 Å². The van der Waals surface area contributed by atoms with Gasteiger partial charge in [0, 0.05) is 18.7 Å². The minimum atomic E-state index is -0.343. The molecule has 5 nitrogen and oxygen atoms in total. The van der Waals surface area contributed by atoms with Crippen molar-refractivity contribution in [2.45, 2.75) is 13.8 Å². The number of methoxy groups -OCH3 is 1. The SMILES string of the molecule is CCN(CC)c1ccc(-c2ccc(C(=O)OC)cc2)nn1. The van der Waals surface area contributed by atoms with Crippen LogP contribution in [0.5, 0.6) is 0 Å². The molecule has 0 N–H and O–H groups in total. The molecule has 5 heteroatoms. The Morgan fingerprint density at radius 3 is 2.19 bits per heavy atom. The molecule has 0 aliphatic heterocycles. The summed E-state index contributed by atoms with van der Waals surface area (Å²) < 4.78 is 4.68. The summed E-state index contributed by atoms with van der Waals surface area (Å²) in [5.41, 5.74) is 2.22. The number of rotatable bonds is 5. The van der Waals surface area contributed by atoms with Crippen LogP contribution in [0.15, 0.2) is 36.4 Å². The van der Waals surface area contributed by atoms with Crippen LogP contribution >= 0.6 is 0 Å². The number of hydrogen-bond acceptors (Lipinski definition) is 5. The molecule has 0 atom stereocenters. The van der Waals surface area contributed by atoms with E-state index in [0.29, 0.717) is 5.56 Å². The highest BCUT2D eigenvalue weighted by Gasteiger charge is 2.08. The predicted molar refractivity (Wildman–Crippen MR) is 82.4 cm³/mol. The molecule has 2 aromatic rings. The summed E-state index contributed by atoms with van der Waals surface area (Å²) in [5, 5.41) is 8.51. The molecule has 2 rings (SSSR count). The highest BCUT2D eigenvalue weighted by molar-refractivity contribution is 5.89. The molecule has 0 amide bonds. The van der Waals surface area contributed by atoms with Crippen LogP contribution in [0.1, 0.15) is 24.2 Å². The molecular weight excluding hydrogens is 266 g/mol. The monoisotopic (exact) mass is 285 g/mol. The van der Waals surface area contributed by atoms with Gasteiger partial charge in [-0.15, -0.1) is 10.2 Å². The van der Waals surface area contributed by atoms with Gasteiger partial charge < -0.3 is 9.64 Å². The quantitative estimate of drug-likeness (QED) is 0.791. The second-order valence-electron chi connectivity index (χ2n) is 4.52. The molecule has 0 aliphatic rings. The largest absolute Gasteiger partial charge is 0.465 e. The number of hydrogen-bond donors (Lipinski definition) is 0. The van der Waals surface area contributed by atoms with Crippen LogP contribution in [-0.2, 0) is 4.74 Å². The fourth-order valence-corrected chi connectivity index (χ4v) is 2.09. The van der Waals surface area contributed by atoms with Gasteiger partial charge in [0.15, 0.2) is 5.82 Å². The summed E-state index contributed by atoms with van der Waals surface area (Å²) in [6, 6.07) is 11.0. The van der Waals surface area contributed by atoms with E-state index in [1.54, 1.807) is 12.1 Å². The number of anilines is 1.